The van der Waals surface area contributed by atoms with Crippen LogP contribution >= 0.6 is 34.7 Å². The Labute approximate surface area is 216 Å². The average molecular weight is 523 g/mol. The number of carbonyl (C=O) groups excluding carboxylic acids is 1. The van der Waals surface area contributed by atoms with Crippen LogP contribution in [-0.2, 0) is 17.6 Å². The van der Waals surface area contributed by atoms with Crippen molar-refractivity contribution in [3.8, 4) is 5.69 Å². The maximum atomic E-state index is 13.8. The highest BCUT2D eigenvalue weighted by molar-refractivity contribution is 7.99. The minimum Gasteiger partial charge on any atom is -0.272 e. The highest BCUT2D eigenvalue weighted by Gasteiger charge is 2.23. The molecule has 35 heavy (non-hydrogen) atoms. The Morgan fingerprint density at radius 1 is 1.20 bits per heavy atom. The Morgan fingerprint density at radius 3 is 2.77 bits per heavy atom. The fourth-order valence-corrected chi connectivity index (χ4v) is 6.41. The molecule has 2 aromatic heterocycles. The third-order valence-electron chi connectivity index (χ3n) is 5.88. The molecular formula is C26H23ClN4O2S2. The summed E-state index contributed by atoms with van der Waals surface area (Å²) in [6.07, 6.45) is 5.65. The van der Waals surface area contributed by atoms with Crippen LogP contribution in [0.1, 0.15) is 34.4 Å². The summed E-state index contributed by atoms with van der Waals surface area (Å²) in [5.41, 5.74) is 6.16. The van der Waals surface area contributed by atoms with Gasteiger partial charge in [0, 0.05) is 15.5 Å². The Balaban J connectivity index is 1.44. The molecule has 2 aromatic carbocycles. The first kappa shape index (κ1) is 23.8. The van der Waals surface area contributed by atoms with E-state index in [4.69, 9.17) is 16.6 Å². The van der Waals surface area contributed by atoms with Gasteiger partial charge in [0.2, 0.25) is 0 Å². The molecule has 1 aliphatic rings. The number of halogens is 1. The molecule has 0 aliphatic heterocycles. The molecule has 0 spiro atoms. The quantitative estimate of drug-likeness (QED) is 0.156. The van der Waals surface area contributed by atoms with E-state index in [0.717, 1.165) is 52.7 Å². The number of aryl methyl sites for hydroxylation is 3. The van der Waals surface area contributed by atoms with Crippen molar-refractivity contribution < 1.29 is 4.79 Å². The van der Waals surface area contributed by atoms with Gasteiger partial charge in [-0.05, 0) is 56.4 Å². The molecule has 1 amide bonds. The first-order chi connectivity index (χ1) is 17.0. The van der Waals surface area contributed by atoms with Crippen LogP contribution in [0.15, 0.2) is 63.6 Å². The number of hydrogen-bond donors (Lipinski definition) is 1. The summed E-state index contributed by atoms with van der Waals surface area (Å²) >= 11 is 8.95. The number of rotatable bonds is 6. The smallest absolute Gasteiger partial charge is 0.267 e. The van der Waals surface area contributed by atoms with Gasteiger partial charge in [0.1, 0.15) is 4.83 Å². The molecule has 1 N–H and O–H groups in total. The fraction of sp³-hybridized carbons (Fsp3) is 0.231. The van der Waals surface area contributed by atoms with Gasteiger partial charge >= 0.3 is 0 Å². The summed E-state index contributed by atoms with van der Waals surface area (Å²) < 4.78 is 1.63. The summed E-state index contributed by atoms with van der Waals surface area (Å²) in [5, 5.41) is 5.78. The number of fused-ring (bicyclic) bond motifs is 3. The highest BCUT2D eigenvalue weighted by atomic mass is 35.5. The van der Waals surface area contributed by atoms with Crippen molar-refractivity contribution >= 4 is 57.0 Å². The lowest BCUT2D eigenvalue weighted by atomic mass is 9.97. The number of amides is 1. The van der Waals surface area contributed by atoms with Crippen molar-refractivity contribution in [3.05, 3.63) is 85.5 Å². The van der Waals surface area contributed by atoms with Crippen molar-refractivity contribution in [2.75, 3.05) is 5.75 Å². The maximum Gasteiger partial charge on any atom is 0.267 e. The van der Waals surface area contributed by atoms with Crippen LogP contribution in [0.5, 0.6) is 0 Å². The number of thiophene rings is 1. The minimum absolute atomic E-state index is 0.0642. The Morgan fingerprint density at radius 2 is 1.97 bits per heavy atom. The zero-order chi connectivity index (χ0) is 24.4. The number of hydrogen-bond acceptors (Lipinski definition) is 6. The normalized spacial score (nSPS) is 13.3. The molecule has 1 aliphatic carbocycles. The van der Waals surface area contributed by atoms with E-state index >= 15 is 0 Å². The molecule has 0 radical (unpaired) electrons. The van der Waals surface area contributed by atoms with Gasteiger partial charge in [-0.3, -0.25) is 14.2 Å². The lowest BCUT2D eigenvalue weighted by Crippen LogP contribution is -2.24. The molecule has 0 fully saturated rings. The summed E-state index contributed by atoms with van der Waals surface area (Å²) in [7, 11) is 0. The Bertz CT molecular complexity index is 1490. The van der Waals surface area contributed by atoms with Gasteiger partial charge in [-0.1, -0.05) is 59.3 Å². The molecule has 0 saturated heterocycles. The third-order valence-corrected chi connectivity index (χ3v) is 8.35. The molecule has 0 unspecified atom stereocenters. The lowest BCUT2D eigenvalue weighted by molar-refractivity contribution is -0.118. The monoisotopic (exact) mass is 522 g/mol. The van der Waals surface area contributed by atoms with E-state index in [0.29, 0.717) is 15.7 Å². The Kier molecular flexibility index (Phi) is 7.04. The van der Waals surface area contributed by atoms with Crippen LogP contribution in [0.4, 0.5) is 0 Å². The summed E-state index contributed by atoms with van der Waals surface area (Å²) in [5.74, 6) is -0.233. The van der Waals surface area contributed by atoms with Gasteiger partial charge in [-0.25, -0.2) is 10.4 Å². The van der Waals surface area contributed by atoms with E-state index in [1.54, 1.807) is 22.0 Å². The van der Waals surface area contributed by atoms with E-state index in [9.17, 15) is 9.59 Å². The number of aromatic nitrogens is 2. The predicted molar refractivity (Wildman–Crippen MR) is 145 cm³/mol. The van der Waals surface area contributed by atoms with Crippen molar-refractivity contribution in [3.63, 3.8) is 0 Å². The molecule has 0 atom stereocenters. The third kappa shape index (κ3) is 5.05. The van der Waals surface area contributed by atoms with Gasteiger partial charge in [0.15, 0.2) is 5.16 Å². The van der Waals surface area contributed by atoms with Crippen LogP contribution in [0.3, 0.4) is 0 Å². The number of nitrogens with zero attached hydrogens (tertiary/aromatic N) is 3. The molecule has 4 aromatic rings. The highest BCUT2D eigenvalue weighted by Crippen LogP contribution is 2.35. The van der Waals surface area contributed by atoms with Gasteiger partial charge in [-0.15, -0.1) is 11.3 Å². The number of benzene rings is 2. The zero-order valence-corrected chi connectivity index (χ0v) is 21.5. The second-order valence-corrected chi connectivity index (χ2v) is 10.8. The second kappa shape index (κ2) is 10.4. The second-order valence-electron chi connectivity index (χ2n) is 8.36. The molecule has 0 saturated carbocycles. The first-order valence-corrected chi connectivity index (χ1v) is 13.5. The van der Waals surface area contributed by atoms with E-state index in [2.05, 4.69) is 10.5 Å². The largest absolute Gasteiger partial charge is 0.272 e. The number of thioether (sulfide) groups is 1. The first-order valence-electron chi connectivity index (χ1n) is 11.3. The molecule has 0 bridgehead atoms. The predicted octanol–water partition coefficient (Wildman–Crippen LogP) is 5.53. The van der Waals surface area contributed by atoms with Gasteiger partial charge in [0.05, 0.1) is 23.0 Å². The van der Waals surface area contributed by atoms with Crippen LogP contribution in [-0.4, -0.2) is 27.4 Å². The number of carbonyl (C=O) groups is 1. The van der Waals surface area contributed by atoms with E-state index in [1.807, 2.05) is 49.4 Å². The van der Waals surface area contributed by atoms with Crippen LogP contribution < -0.4 is 11.0 Å². The van der Waals surface area contributed by atoms with Crippen molar-refractivity contribution in [2.24, 2.45) is 5.10 Å². The van der Waals surface area contributed by atoms with Crippen molar-refractivity contribution in [1.29, 1.82) is 0 Å². The SMILES string of the molecule is Cc1ccc(-n2c(SCC(=O)N/N=C/c3ccccc3Cl)nc3sc4c(c3c2=O)CCCC4)cc1. The van der Waals surface area contributed by atoms with Crippen LogP contribution in [0.2, 0.25) is 5.02 Å². The standard InChI is InChI=1S/C26H23ClN4O2S2/c1-16-10-12-18(13-11-16)31-25(33)23-19-7-3-5-9-21(19)35-24(23)29-26(31)34-15-22(32)30-28-14-17-6-2-4-8-20(17)27/h2,4,6,8,10-14H,3,5,7,9,15H2,1H3,(H,30,32)/b28-14+. The lowest BCUT2D eigenvalue weighted by Gasteiger charge is -2.13. The zero-order valence-electron chi connectivity index (χ0n) is 19.1. The molecule has 9 heteroatoms. The van der Waals surface area contributed by atoms with E-state index in [-0.39, 0.29) is 17.2 Å². The summed E-state index contributed by atoms with van der Waals surface area (Å²) in [6.45, 7) is 2.01. The van der Waals surface area contributed by atoms with E-state index in [1.165, 1.54) is 22.9 Å². The minimum atomic E-state index is -0.298. The summed E-state index contributed by atoms with van der Waals surface area (Å²) in [4.78, 5) is 33.1. The topological polar surface area (TPSA) is 76.3 Å². The molecule has 6 nitrogen and oxygen atoms in total. The molecule has 2 heterocycles. The number of nitrogens with one attached hydrogen (secondary N) is 1. The summed E-state index contributed by atoms with van der Waals surface area (Å²) in [6, 6.07) is 15.0. The molecule has 178 valence electrons. The van der Waals surface area contributed by atoms with Crippen LogP contribution in [0, 0.1) is 6.92 Å². The van der Waals surface area contributed by atoms with Gasteiger partial charge in [-0.2, -0.15) is 5.10 Å². The molecule has 5 rings (SSSR count). The fourth-order valence-electron chi connectivity index (χ4n) is 4.12. The van der Waals surface area contributed by atoms with E-state index < -0.39 is 0 Å². The van der Waals surface area contributed by atoms with Crippen LogP contribution in [0.25, 0.3) is 15.9 Å². The van der Waals surface area contributed by atoms with Gasteiger partial charge in [0.25, 0.3) is 11.5 Å². The van der Waals surface area contributed by atoms with Gasteiger partial charge < -0.3 is 0 Å². The van der Waals surface area contributed by atoms with Crippen molar-refractivity contribution in [1.82, 2.24) is 15.0 Å². The number of hydrazone groups is 1. The molecular weight excluding hydrogens is 500 g/mol. The maximum absolute atomic E-state index is 13.8. The Hall–Kier alpha value is -2.94. The average Bonchev–Trinajstić information content (AvgIpc) is 3.23. The van der Waals surface area contributed by atoms with Crippen molar-refractivity contribution in [2.45, 2.75) is 37.8 Å².